The molecule has 0 saturated carbocycles. The van der Waals surface area contributed by atoms with E-state index in [9.17, 15) is 18.8 Å². The Labute approximate surface area is 145 Å². The molecule has 3 rings (SSSR count). The quantitative estimate of drug-likeness (QED) is 0.764. The molecule has 2 aromatic heterocycles. The van der Waals surface area contributed by atoms with Crippen LogP contribution in [0.2, 0.25) is 5.02 Å². The summed E-state index contributed by atoms with van der Waals surface area (Å²) in [6, 6.07) is 5.18. The number of fused-ring (bicyclic) bond motifs is 1. The van der Waals surface area contributed by atoms with Gasteiger partial charge in [0.15, 0.2) is 0 Å². The van der Waals surface area contributed by atoms with E-state index in [2.05, 4.69) is 5.32 Å². The Morgan fingerprint density at radius 2 is 1.92 bits per heavy atom. The Hall–Kier alpha value is -2.87. The van der Waals surface area contributed by atoms with Gasteiger partial charge in [0.25, 0.3) is 5.56 Å². The van der Waals surface area contributed by atoms with Gasteiger partial charge in [-0.15, -0.1) is 0 Å². The van der Waals surface area contributed by atoms with E-state index in [0.717, 1.165) is 10.6 Å². The maximum atomic E-state index is 13.1. The van der Waals surface area contributed by atoms with Crippen LogP contribution in [-0.4, -0.2) is 19.6 Å². The van der Waals surface area contributed by atoms with Crippen molar-refractivity contribution in [2.45, 2.75) is 6.54 Å². The number of amides is 1. The lowest BCUT2D eigenvalue weighted by Crippen LogP contribution is -2.37. The molecule has 130 valence electrons. The minimum absolute atomic E-state index is 0.0759. The van der Waals surface area contributed by atoms with Crippen molar-refractivity contribution >= 4 is 34.2 Å². The summed E-state index contributed by atoms with van der Waals surface area (Å²) in [5, 5.41) is 2.98. The van der Waals surface area contributed by atoms with Crippen LogP contribution in [0.25, 0.3) is 11.0 Å². The first kappa shape index (κ1) is 17.0. The van der Waals surface area contributed by atoms with Gasteiger partial charge in [0, 0.05) is 20.3 Å². The minimum atomic E-state index is -0.509. The molecule has 2 heterocycles. The fraction of sp³-hybridized carbons (Fsp3) is 0.188. The fourth-order valence-corrected chi connectivity index (χ4v) is 2.87. The molecule has 1 aromatic carbocycles. The molecule has 0 atom stereocenters. The van der Waals surface area contributed by atoms with E-state index in [-0.39, 0.29) is 17.3 Å². The molecule has 0 bridgehead atoms. The summed E-state index contributed by atoms with van der Waals surface area (Å²) in [7, 11) is 2.92. The van der Waals surface area contributed by atoms with Gasteiger partial charge in [0.2, 0.25) is 5.91 Å². The van der Waals surface area contributed by atoms with Gasteiger partial charge in [-0.1, -0.05) is 11.6 Å². The van der Waals surface area contributed by atoms with Crippen LogP contribution >= 0.6 is 11.6 Å². The number of aryl methyl sites for hydroxylation is 1. The monoisotopic (exact) mass is 364 g/mol. The number of nitrogens with one attached hydrogen (secondary N) is 1. The summed E-state index contributed by atoms with van der Waals surface area (Å²) in [5.41, 5.74) is -0.305. The third kappa shape index (κ3) is 2.96. The first-order valence-electron chi connectivity index (χ1n) is 7.29. The SMILES string of the molecule is Cn1c(=O)c2ccn(CC(=O)Nc3ccc(F)cc3Cl)c2n(C)c1=O. The molecule has 0 saturated heterocycles. The summed E-state index contributed by atoms with van der Waals surface area (Å²) >= 11 is 5.88. The maximum Gasteiger partial charge on any atom is 0.332 e. The lowest BCUT2D eigenvalue weighted by molar-refractivity contribution is -0.116. The Balaban J connectivity index is 1.94. The van der Waals surface area contributed by atoms with E-state index >= 15 is 0 Å². The third-order valence-electron chi connectivity index (χ3n) is 3.88. The Bertz CT molecular complexity index is 1110. The van der Waals surface area contributed by atoms with Gasteiger partial charge in [0.05, 0.1) is 16.1 Å². The zero-order chi connectivity index (χ0) is 18.3. The molecule has 0 unspecified atom stereocenters. The van der Waals surface area contributed by atoms with E-state index in [0.29, 0.717) is 11.0 Å². The molecular weight excluding hydrogens is 351 g/mol. The van der Waals surface area contributed by atoms with Gasteiger partial charge in [-0.3, -0.25) is 18.7 Å². The first-order valence-corrected chi connectivity index (χ1v) is 7.67. The van der Waals surface area contributed by atoms with Crippen molar-refractivity contribution in [3.8, 4) is 0 Å². The number of anilines is 1. The highest BCUT2D eigenvalue weighted by Crippen LogP contribution is 2.22. The van der Waals surface area contributed by atoms with Crippen molar-refractivity contribution in [2.75, 3.05) is 5.32 Å². The molecular formula is C16H14ClFN4O3. The lowest BCUT2D eigenvalue weighted by atomic mass is 10.3. The minimum Gasteiger partial charge on any atom is -0.324 e. The number of carbonyl (C=O) groups excluding carboxylic acids is 1. The van der Waals surface area contributed by atoms with Crippen molar-refractivity contribution in [2.24, 2.45) is 14.1 Å². The van der Waals surface area contributed by atoms with Crippen molar-refractivity contribution in [1.82, 2.24) is 13.7 Å². The summed E-state index contributed by atoms with van der Waals surface area (Å²) in [5.74, 6) is -0.940. The number of halogens is 2. The predicted octanol–water partition coefficient (Wildman–Crippen LogP) is 1.47. The Morgan fingerprint density at radius 1 is 1.20 bits per heavy atom. The van der Waals surface area contributed by atoms with Crippen LogP contribution in [0.3, 0.4) is 0 Å². The van der Waals surface area contributed by atoms with E-state index in [4.69, 9.17) is 11.6 Å². The van der Waals surface area contributed by atoms with Crippen molar-refractivity contribution in [3.63, 3.8) is 0 Å². The number of rotatable bonds is 3. The number of hydrogen-bond donors (Lipinski definition) is 1. The smallest absolute Gasteiger partial charge is 0.324 e. The summed E-state index contributed by atoms with van der Waals surface area (Å²) in [6.45, 7) is -0.141. The van der Waals surface area contributed by atoms with Gasteiger partial charge < -0.3 is 9.88 Å². The van der Waals surface area contributed by atoms with Gasteiger partial charge in [-0.25, -0.2) is 9.18 Å². The largest absolute Gasteiger partial charge is 0.332 e. The summed E-state index contributed by atoms with van der Waals surface area (Å²) in [4.78, 5) is 36.5. The van der Waals surface area contributed by atoms with E-state index < -0.39 is 23.0 Å². The average Bonchev–Trinajstić information content (AvgIpc) is 2.97. The molecule has 0 aliphatic rings. The molecule has 0 spiro atoms. The first-order chi connectivity index (χ1) is 11.8. The normalized spacial score (nSPS) is 11.0. The van der Waals surface area contributed by atoms with Gasteiger partial charge in [-0.05, 0) is 24.3 Å². The van der Waals surface area contributed by atoms with E-state index in [1.54, 1.807) is 12.3 Å². The van der Waals surface area contributed by atoms with E-state index in [1.165, 1.54) is 35.4 Å². The molecule has 0 radical (unpaired) electrons. The molecule has 0 fully saturated rings. The maximum absolute atomic E-state index is 13.1. The number of carbonyl (C=O) groups is 1. The van der Waals surface area contributed by atoms with Crippen LogP contribution in [0.5, 0.6) is 0 Å². The number of hydrogen-bond acceptors (Lipinski definition) is 3. The zero-order valence-corrected chi connectivity index (χ0v) is 14.2. The highest BCUT2D eigenvalue weighted by atomic mass is 35.5. The molecule has 1 N–H and O–H groups in total. The second kappa shape index (κ2) is 6.21. The van der Waals surface area contributed by atoms with Crippen LogP contribution in [0.15, 0.2) is 40.1 Å². The second-order valence-electron chi connectivity index (χ2n) is 5.56. The zero-order valence-electron chi connectivity index (χ0n) is 13.4. The summed E-state index contributed by atoms with van der Waals surface area (Å²) in [6.07, 6.45) is 1.55. The standard InChI is InChI=1S/C16H14ClFN4O3/c1-20-14-10(15(24)21(2)16(20)25)5-6-22(14)8-13(23)19-12-4-3-9(18)7-11(12)17/h3-7H,8H2,1-2H3,(H,19,23). The van der Waals surface area contributed by atoms with Crippen LogP contribution in [0.4, 0.5) is 10.1 Å². The van der Waals surface area contributed by atoms with Gasteiger partial charge in [0.1, 0.15) is 18.0 Å². The molecule has 3 aromatic rings. The third-order valence-corrected chi connectivity index (χ3v) is 4.19. The summed E-state index contributed by atoms with van der Waals surface area (Å²) < 4.78 is 16.8. The van der Waals surface area contributed by atoms with Gasteiger partial charge >= 0.3 is 5.69 Å². The number of aromatic nitrogens is 3. The lowest BCUT2D eigenvalue weighted by Gasteiger charge is -2.11. The fourth-order valence-electron chi connectivity index (χ4n) is 2.65. The molecule has 1 amide bonds. The van der Waals surface area contributed by atoms with Crippen molar-refractivity contribution in [3.05, 3.63) is 62.1 Å². The highest BCUT2D eigenvalue weighted by Gasteiger charge is 2.15. The number of nitrogens with zero attached hydrogens (tertiary/aromatic N) is 3. The Kier molecular flexibility index (Phi) is 4.22. The van der Waals surface area contributed by atoms with Crippen LogP contribution < -0.4 is 16.6 Å². The second-order valence-corrected chi connectivity index (χ2v) is 5.97. The Morgan fingerprint density at radius 3 is 2.60 bits per heavy atom. The number of benzene rings is 1. The molecule has 0 aliphatic heterocycles. The predicted molar refractivity (Wildman–Crippen MR) is 92.5 cm³/mol. The molecule has 0 aliphatic carbocycles. The van der Waals surface area contributed by atoms with Crippen LogP contribution in [0.1, 0.15) is 0 Å². The highest BCUT2D eigenvalue weighted by molar-refractivity contribution is 6.33. The molecule has 25 heavy (non-hydrogen) atoms. The average molecular weight is 365 g/mol. The van der Waals surface area contributed by atoms with E-state index in [1.807, 2.05) is 0 Å². The van der Waals surface area contributed by atoms with Crippen LogP contribution in [-0.2, 0) is 25.4 Å². The van der Waals surface area contributed by atoms with Crippen molar-refractivity contribution in [1.29, 1.82) is 0 Å². The molecule has 9 heteroatoms. The topological polar surface area (TPSA) is 78.0 Å². The van der Waals surface area contributed by atoms with Crippen molar-refractivity contribution < 1.29 is 9.18 Å². The molecule has 7 nitrogen and oxygen atoms in total. The van der Waals surface area contributed by atoms with Crippen LogP contribution in [0, 0.1) is 5.82 Å². The van der Waals surface area contributed by atoms with Gasteiger partial charge in [-0.2, -0.15) is 0 Å².